The number of nitrogens with one attached hydrogen (secondary N) is 2. The third-order valence-corrected chi connectivity index (χ3v) is 5.92. The molecular formula is C19H34N2O2. The Morgan fingerprint density at radius 3 is 1.96 bits per heavy atom. The average Bonchev–Trinajstić information content (AvgIpc) is 2.49. The second kappa shape index (κ2) is 7.67. The molecule has 0 saturated heterocycles. The van der Waals surface area contributed by atoms with E-state index in [1.165, 1.54) is 6.42 Å². The van der Waals surface area contributed by atoms with Crippen LogP contribution in [-0.2, 0) is 9.59 Å². The Bertz CT molecular complexity index is 420. The topological polar surface area (TPSA) is 58.2 Å². The summed E-state index contributed by atoms with van der Waals surface area (Å²) in [5, 5.41) is 5.88. The van der Waals surface area contributed by atoms with Gasteiger partial charge in [0.1, 0.15) is 0 Å². The number of hydrogen-bond donors (Lipinski definition) is 2. The van der Waals surface area contributed by atoms with Crippen LogP contribution in [-0.4, -0.2) is 23.9 Å². The Balaban J connectivity index is 1.75. The summed E-state index contributed by atoms with van der Waals surface area (Å²) >= 11 is 0. The lowest BCUT2D eigenvalue weighted by molar-refractivity contribution is -0.140. The molecule has 2 fully saturated rings. The molecule has 0 unspecified atom stereocenters. The molecule has 0 aliphatic heterocycles. The van der Waals surface area contributed by atoms with E-state index in [1.54, 1.807) is 0 Å². The quantitative estimate of drug-likeness (QED) is 0.766. The molecule has 0 aromatic rings. The minimum atomic E-state index is -0.443. The first-order chi connectivity index (χ1) is 10.8. The van der Waals surface area contributed by atoms with E-state index in [1.807, 2.05) is 0 Å². The van der Waals surface area contributed by atoms with Gasteiger partial charge in [-0.15, -0.1) is 0 Å². The molecule has 23 heavy (non-hydrogen) atoms. The lowest BCUT2D eigenvalue weighted by atomic mass is 9.71. The predicted octanol–water partition coefficient (Wildman–Crippen LogP) is 3.40. The molecule has 2 amide bonds. The van der Waals surface area contributed by atoms with Crippen molar-refractivity contribution in [1.29, 1.82) is 0 Å². The number of rotatable bonds is 2. The fourth-order valence-corrected chi connectivity index (χ4v) is 4.12. The van der Waals surface area contributed by atoms with Gasteiger partial charge in [-0.05, 0) is 55.8 Å². The van der Waals surface area contributed by atoms with Gasteiger partial charge in [0.15, 0.2) is 0 Å². The number of carbonyl (C=O) groups excluding carboxylic acids is 2. The average molecular weight is 322 g/mol. The summed E-state index contributed by atoms with van der Waals surface area (Å²) in [7, 11) is 0. The Kier molecular flexibility index (Phi) is 6.10. The van der Waals surface area contributed by atoms with E-state index >= 15 is 0 Å². The van der Waals surface area contributed by atoms with E-state index in [0.717, 1.165) is 44.9 Å². The maximum Gasteiger partial charge on any atom is 0.309 e. The van der Waals surface area contributed by atoms with Crippen LogP contribution in [0.25, 0.3) is 0 Å². The number of amides is 2. The van der Waals surface area contributed by atoms with Gasteiger partial charge < -0.3 is 10.6 Å². The first kappa shape index (κ1) is 18.3. The van der Waals surface area contributed by atoms with Gasteiger partial charge in [-0.3, -0.25) is 9.59 Å². The lowest BCUT2D eigenvalue weighted by Gasteiger charge is -2.37. The highest BCUT2D eigenvalue weighted by Gasteiger charge is 2.31. The van der Waals surface area contributed by atoms with Crippen molar-refractivity contribution in [3.8, 4) is 0 Å². The molecule has 2 aliphatic carbocycles. The van der Waals surface area contributed by atoms with Crippen LogP contribution in [0.4, 0.5) is 0 Å². The van der Waals surface area contributed by atoms with Crippen LogP contribution in [0.1, 0.15) is 79.1 Å². The van der Waals surface area contributed by atoms with E-state index in [9.17, 15) is 9.59 Å². The highest BCUT2D eigenvalue weighted by molar-refractivity contribution is 6.35. The van der Waals surface area contributed by atoms with Gasteiger partial charge in [-0.25, -0.2) is 0 Å². The number of hydrogen-bond acceptors (Lipinski definition) is 2. The first-order valence-electron chi connectivity index (χ1n) is 9.38. The van der Waals surface area contributed by atoms with Crippen molar-refractivity contribution < 1.29 is 9.59 Å². The zero-order valence-electron chi connectivity index (χ0n) is 15.3. The van der Waals surface area contributed by atoms with Crippen molar-refractivity contribution in [1.82, 2.24) is 10.6 Å². The largest absolute Gasteiger partial charge is 0.345 e. The fraction of sp³-hybridized carbons (Fsp3) is 0.895. The SMILES string of the molecule is C[C@H]1CCCC[C@H]1NC(=O)C(=O)NC1CCC(C(C)(C)C)CC1. The van der Waals surface area contributed by atoms with Crippen LogP contribution in [0.3, 0.4) is 0 Å². The molecule has 0 spiro atoms. The molecule has 2 rings (SSSR count). The van der Waals surface area contributed by atoms with Gasteiger partial charge >= 0.3 is 11.8 Å². The Morgan fingerprint density at radius 1 is 0.826 bits per heavy atom. The van der Waals surface area contributed by atoms with Gasteiger partial charge in [-0.2, -0.15) is 0 Å². The highest BCUT2D eigenvalue weighted by Crippen LogP contribution is 2.37. The van der Waals surface area contributed by atoms with Gasteiger partial charge in [0.25, 0.3) is 0 Å². The molecule has 4 heteroatoms. The molecule has 0 aromatic heterocycles. The zero-order chi connectivity index (χ0) is 17.0. The van der Waals surface area contributed by atoms with E-state index < -0.39 is 11.8 Å². The molecule has 4 nitrogen and oxygen atoms in total. The molecule has 0 radical (unpaired) electrons. The third kappa shape index (κ3) is 5.22. The molecule has 2 atom stereocenters. The van der Waals surface area contributed by atoms with Crippen LogP contribution >= 0.6 is 0 Å². The van der Waals surface area contributed by atoms with E-state index in [4.69, 9.17) is 0 Å². The summed E-state index contributed by atoms with van der Waals surface area (Å²) in [5.74, 6) is 0.305. The second-order valence-electron chi connectivity index (χ2n) is 8.73. The first-order valence-corrected chi connectivity index (χ1v) is 9.38. The molecule has 0 bridgehead atoms. The van der Waals surface area contributed by atoms with Crippen molar-refractivity contribution in [2.75, 3.05) is 0 Å². The Morgan fingerprint density at radius 2 is 1.39 bits per heavy atom. The summed E-state index contributed by atoms with van der Waals surface area (Å²) in [5.41, 5.74) is 0.337. The van der Waals surface area contributed by atoms with Crippen LogP contribution in [0, 0.1) is 17.3 Å². The molecule has 0 aromatic carbocycles. The Hall–Kier alpha value is -1.06. The van der Waals surface area contributed by atoms with Crippen LogP contribution in [0.2, 0.25) is 0 Å². The molecule has 2 saturated carbocycles. The van der Waals surface area contributed by atoms with E-state index in [-0.39, 0.29) is 12.1 Å². The van der Waals surface area contributed by atoms with Gasteiger partial charge in [0.05, 0.1) is 0 Å². The highest BCUT2D eigenvalue weighted by atomic mass is 16.2. The van der Waals surface area contributed by atoms with Gasteiger partial charge in [0.2, 0.25) is 0 Å². The second-order valence-corrected chi connectivity index (χ2v) is 8.73. The summed E-state index contributed by atoms with van der Waals surface area (Å²) in [6.45, 7) is 9.02. The van der Waals surface area contributed by atoms with Crippen LogP contribution in [0.15, 0.2) is 0 Å². The summed E-state index contributed by atoms with van der Waals surface area (Å²) < 4.78 is 0. The van der Waals surface area contributed by atoms with Crippen LogP contribution in [0.5, 0.6) is 0 Å². The smallest absolute Gasteiger partial charge is 0.309 e. The van der Waals surface area contributed by atoms with Gasteiger partial charge in [0, 0.05) is 12.1 Å². The molecule has 2 aliphatic rings. The maximum atomic E-state index is 12.1. The van der Waals surface area contributed by atoms with Crippen molar-refractivity contribution in [2.24, 2.45) is 17.3 Å². The minimum Gasteiger partial charge on any atom is -0.345 e. The molecular weight excluding hydrogens is 288 g/mol. The van der Waals surface area contributed by atoms with Crippen molar-refractivity contribution in [3.63, 3.8) is 0 Å². The predicted molar refractivity (Wildman–Crippen MR) is 92.9 cm³/mol. The van der Waals surface area contributed by atoms with Crippen molar-refractivity contribution in [2.45, 2.75) is 91.1 Å². The lowest BCUT2D eigenvalue weighted by Crippen LogP contribution is -2.50. The fourth-order valence-electron chi connectivity index (χ4n) is 4.12. The Labute approximate surface area is 141 Å². The number of carbonyl (C=O) groups is 2. The van der Waals surface area contributed by atoms with Gasteiger partial charge in [-0.1, -0.05) is 40.5 Å². The summed E-state index contributed by atoms with van der Waals surface area (Å²) in [6.07, 6.45) is 8.76. The molecule has 0 heterocycles. The zero-order valence-corrected chi connectivity index (χ0v) is 15.3. The normalized spacial score (nSPS) is 32.2. The van der Waals surface area contributed by atoms with Crippen molar-refractivity contribution in [3.05, 3.63) is 0 Å². The molecule has 2 N–H and O–H groups in total. The summed E-state index contributed by atoms with van der Waals surface area (Å²) in [6, 6.07) is 0.328. The minimum absolute atomic E-state index is 0.163. The monoisotopic (exact) mass is 322 g/mol. The van der Waals surface area contributed by atoms with Crippen molar-refractivity contribution >= 4 is 11.8 Å². The van der Waals surface area contributed by atoms with E-state index in [2.05, 4.69) is 38.3 Å². The third-order valence-electron chi connectivity index (χ3n) is 5.92. The maximum absolute atomic E-state index is 12.1. The summed E-state index contributed by atoms with van der Waals surface area (Å²) in [4.78, 5) is 24.3. The van der Waals surface area contributed by atoms with Crippen LogP contribution < -0.4 is 10.6 Å². The van der Waals surface area contributed by atoms with E-state index in [0.29, 0.717) is 17.3 Å². The standard InChI is InChI=1S/C19H34N2O2/c1-13-7-5-6-8-16(13)21-18(23)17(22)20-15-11-9-14(10-12-15)19(2,3)4/h13-16H,5-12H2,1-4H3,(H,20,22)(H,21,23)/t13-,14?,15?,16+/m0/s1. The molecule has 132 valence electrons.